The second kappa shape index (κ2) is 8.26. The zero-order valence-electron chi connectivity index (χ0n) is 17.0. The van der Waals surface area contributed by atoms with Crippen LogP contribution in [0.2, 0.25) is 0 Å². The van der Waals surface area contributed by atoms with Crippen LogP contribution in [0.3, 0.4) is 0 Å². The predicted octanol–water partition coefficient (Wildman–Crippen LogP) is 4.16. The maximum absolute atomic E-state index is 11.4. The Kier molecular flexibility index (Phi) is 6.73. The number of fused-ring (bicyclic) bond motifs is 1. The number of ether oxygens (including phenoxy) is 1. The lowest BCUT2D eigenvalue weighted by Crippen LogP contribution is -2.43. The molecular formula is C22H36O4. The number of carbonyl (C=O) groups is 1. The van der Waals surface area contributed by atoms with E-state index in [0.717, 1.165) is 37.7 Å². The lowest BCUT2D eigenvalue weighted by molar-refractivity contribution is -0.144. The van der Waals surface area contributed by atoms with Crippen LogP contribution < -0.4 is 0 Å². The van der Waals surface area contributed by atoms with Gasteiger partial charge in [-0.25, -0.2) is 0 Å². The van der Waals surface area contributed by atoms with Crippen molar-refractivity contribution in [3.8, 4) is 0 Å². The fourth-order valence-electron chi connectivity index (χ4n) is 4.94. The Morgan fingerprint density at radius 3 is 2.65 bits per heavy atom. The molecule has 0 bridgehead atoms. The summed E-state index contributed by atoms with van der Waals surface area (Å²) in [7, 11) is 0. The van der Waals surface area contributed by atoms with Gasteiger partial charge < -0.3 is 14.9 Å². The average molecular weight is 365 g/mol. The minimum Gasteiger partial charge on any atom is -0.458 e. The van der Waals surface area contributed by atoms with Gasteiger partial charge in [-0.2, -0.15) is 0 Å². The van der Waals surface area contributed by atoms with E-state index in [-0.39, 0.29) is 35.9 Å². The van der Waals surface area contributed by atoms with Gasteiger partial charge in [0.25, 0.3) is 0 Å². The van der Waals surface area contributed by atoms with Crippen LogP contribution in [0.4, 0.5) is 0 Å². The summed E-state index contributed by atoms with van der Waals surface area (Å²) in [4.78, 5) is 11.4. The van der Waals surface area contributed by atoms with Gasteiger partial charge in [-0.1, -0.05) is 32.4 Å². The van der Waals surface area contributed by atoms with Gasteiger partial charge >= 0.3 is 5.97 Å². The summed E-state index contributed by atoms with van der Waals surface area (Å²) >= 11 is 0. The lowest BCUT2D eigenvalue weighted by Gasteiger charge is -2.41. The zero-order chi connectivity index (χ0) is 19.5. The van der Waals surface area contributed by atoms with Crippen LogP contribution in [0.15, 0.2) is 23.3 Å². The van der Waals surface area contributed by atoms with Gasteiger partial charge in [0, 0.05) is 13.3 Å². The molecule has 0 unspecified atom stereocenters. The number of carbonyl (C=O) groups excluding carboxylic acids is 1. The Labute approximate surface area is 158 Å². The summed E-state index contributed by atoms with van der Waals surface area (Å²) < 4.78 is 5.45. The average Bonchev–Trinajstić information content (AvgIpc) is 2.80. The van der Waals surface area contributed by atoms with Crippen LogP contribution in [0.25, 0.3) is 0 Å². The first-order valence-corrected chi connectivity index (χ1v) is 9.96. The molecule has 0 amide bonds. The highest BCUT2D eigenvalue weighted by Gasteiger charge is 2.54. The summed E-state index contributed by atoms with van der Waals surface area (Å²) in [6.07, 6.45) is 8.83. The molecule has 0 heterocycles. The van der Waals surface area contributed by atoms with Crippen molar-refractivity contribution in [1.29, 1.82) is 0 Å². The van der Waals surface area contributed by atoms with E-state index in [1.165, 1.54) is 12.5 Å². The van der Waals surface area contributed by atoms with E-state index in [0.29, 0.717) is 6.42 Å². The lowest BCUT2D eigenvalue weighted by atomic mass is 9.67. The van der Waals surface area contributed by atoms with Crippen LogP contribution in [-0.2, 0) is 9.53 Å². The van der Waals surface area contributed by atoms with E-state index in [1.807, 2.05) is 6.08 Å². The highest BCUT2D eigenvalue weighted by Crippen LogP contribution is 2.56. The number of hydrogen-bond donors (Lipinski definition) is 2. The largest absolute Gasteiger partial charge is 0.458 e. The van der Waals surface area contributed by atoms with E-state index in [1.54, 1.807) is 0 Å². The van der Waals surface area contributed by atoms with Crippen molar-refractivity contribution in [1.82, 2.24) is 0 Å². The summed E-state index contributed by atoms with van der Waals surface area (Å²) in [6.45, 7) is 9.97. The SMILES string of the molecule is CC(=O)O[C@@H]1/C=C(\C)CC[C@@H]2[C@@](C)(C/C=C(\CO)C1)CC[C@@]2(O)C(C)C. The molecule has 2 N–H and O–H groups in total. The normalized spacial score (nSPS) is 40.0. The van der Waals surface area contributed by atoms with Gasteiger partial charge in [-0.05, 0) is 67.9 Å². The van der Waals surface area contributed by atoms with Crippen LogP contribution in [-0.4, -0.2) is 34.5 Å². The van der Waals surface area contributed by atoms with Crippen LogP contribution in [0.1, 0.15) is 73.1 Å². The third-order valence-electron chi connectivity index (χ3n) is 6.68. The zero-order valence-corrected chi connectivity index (χ0v) is 17.0. The maximum atomic E-state index is 11.4. The van der Waals surface area contributed by atoms with Crippen LogP contribution in [0.5, 0.6) is 0 Å². The molecule has 0 saturated heterocycles. The Hall–Kier alpha value is -1.13. The van der Waals surface area contributed by atoms with E-state index in [4.69, 9.17) is 4.74 Å². The topological polar surface area (TPSA) is 66.8 Å². The minimum absolute atomic E-state index is 0.0279. The maximum Gasteiger partial charge on any atom is 0.303 e. The molecule has 2 rings (SSSR count). The Morgan fingerprint density at radius 1 is 1.38 bits per heavy atom. The van der Waals surface area contributed by atoms with E-state index in [2.05, 4.69) is 33.8 Å². The molecule has 148 valence electrons. The highest BCUT2D eigenvalue weighted by atomic mass is 16.5. The molecule has 0 aromatic heterocycles. The van der Waals surface area contributed by atoms with Gasteiger partial charge in [0.15, 0.2) is 0 Å². The second-order valence-corrected chi connectivity index (χ2v) is 8.98. The van der Waals surface area contributed by atoms with Crippen molar-refractivity contribution in [2.75, 3.05) is 6.61 Å². The van der Waals surface area contributed by atoms with Crippen molar-refractivity contribution >= 4 is 5.97 Å². The monoisotopic (exact) mass is 364 g/mol. The van der Waals surface area contributed by atoms with E-state index in [9.17, 15) is 15.0 Å². The second-order valence-electron chi connectivity index (χ2n) is 8.98. The van der Waals surface area contributed by atoms with E-state index < -0.39 is 5.60 Å². The van der Waals surface area contributed by atoms with Gasteiger partial charge in [0.05, 0.1) is 12.2 Å². The molecule has 0 spiro atoms. The Balaban J connectivity index is 2.37. The Bertz CT molecular complexity index is 577. The first kappa shape index (κ1) is 21.2. The van der Waals surface area contributed by atoms with Gasteiger partial charge in [0.1, 0.15) is 6.10 Å². The van der Waals surface area contributed by atoms with E-state index >= 15 is 0 Å². The number of hydrogen-bond acceptors (Lipinski definition) is 4. The molecule has 26 heavy (non-hydrogen) atoms. The standard InChI is InChI=1S/C22H36O4/c1-15(2)22(25)11-10-21(5)9-8-18(14-23)13-19(26-17(4)24)12-16(3)6-7-20(21)22/h8,12,15,19-20,23,25H,6-7,9-11,13-14H2,1-5H3/b16-12+,18-8-/t19-,20-,21+,22-/m1/s1. The van der Waals surface area contributed by atoms with Gasteiger partial charge in [0.2, 0.25) is 0 Å². The molecule has 1 saturated carbocycles. The molecule has 0 aromatic rings. The van der Waals surface area contributed by atoms with Gasteiger partial charge in [-0.3, -0.25) is 4.79 Å². The van der Waals surface area contributed by atoms with Crippen molar-refractivity contribution in [3.63, 3.8) is 0 Å². The molecule has 4 nitrogen and oxygen atoms in total. The molecule has 0 aromatic carbocycles. The molecule has 4 atom stereocenters. The fraction of sp³-hybridized carbons (Fsp3) is 0.773. The number of allylic oxidation sites excluding steroid dienone is 2. The summed E-state index contributed by atoms with van der Waals surface area (Å²) in [5.74, 6) is 0.142. The predicted molar refractivity (Wildman–Crippen MR) is 104 cm³/mol. The highest BCUT2D eigenvalue weighted by molar-refractivity contribution is 5.66. The smallest absolute Gasteiger partial charge is 0.303 e. The Morgan fingerprint density at radius 2 is 2.08 bits per heavy atom. The molecule has 0 aliphatic heterocycles. The first-order valence-electron chi connectivity index (χ1n) is 9.96. The molecule has 2 aliphatic rings. The minimum atomic E-state index is -0.633. The van der Waals surface area contributed by atoms with Crippen LogP contribution >= 0.6 is 0 Å². The molecule has 2 aliphatic carbocycles. The summed E-state index contributed by atoms with van der Waals surface area (Å²) in [6, 6.07) is 0. The quantitative estimate of drug-likeness (QED) is 0.583. The van der Waals surface area contributed by atoms with Crippen molar-refractivity contribution in [2.45, 2.75) is 84.8 Å². The molecular weight excluding hydrogens is 328 g/mol. The molecule has 1 fully saturated rings. The van der Waals surface area contributed by atoms with Crippen LogP contribution in [0, 0.1) is 17.3 Å². The summed E-state index contributed by atoms with van der Waals surface area (Å²) in [5.41, 5.74) is 1.48. The third kappa shape index (κ3) is 4.58. The van der Waals surface area contributed by atoms with Crippen molar-refractivity contribution in [3.05, 3.63) is 23.3 Å². The van der Waals surface area contributed by atoms with Gasteiger partial charge in [-0.15, -0.1) is 0 Å². The third-order valence-corrected chi connectivity index (χ3v) is 6.68. The molecule has 4 heteroatoms. The van der Waals surface area contributed by atoms with Crippen molar-refractivity contribution < 1.29 is 19.7 Å². The van der Waals surface area contributed by atoms with Crippen molar-refractivity contribution in [2.24, 2.45) is 17.3 Å². The number of aliphatic hydroxyl groups is 2. The first-order chi connectivity index (χ1) is 12.1. The number of esters is 1. The number of rotatable bonds is 3. The molecule has 0 radical (unpaired) electrons. The number of aliphatic hydroxyl groups excluding tert-OH is 1. The summed E-state index contributed by atoms with van der Waals surface area (Å²) in [5, 5.41) is 21.2. The fourth-order valence-corrected chi connectivity index (χ4v) is 4.94.